The quantitative estimate of drug-likeness (QED) is 0.535. The van der Waals surface area contributed by atoms with E-state index in [1.165, 1.54) is 6.34 Å². The third-order valence-electron chi connectivity index (χ3n) is 6.11. The lowest BCUT2D eigenvalue weighted by atomic mass is 10.1. The number of hydrogen-bond acceptors (Lipinski definition) is 5. The Morgan fingerprint density at radius 2 is 2.00 bits per heavy atom. The molecule has 178 valence electrons. The van der Waals surface area contributed by atoms with E-state index in [0.717, 1.165) is 48.0 Å². The van der Waals surface area contributed by atoms with Crippen LogP contribution in [0.5, 0.6) is 5.75 Å². The fraction of sp³-hybridized carbons (Fsp3) is 0.542. The maximum Gasteiger partial charge on any atom is 0.176 e. The minimum absolute atomic E-state index is 0.0666. The Hall–Kier alpha value is -2.52. The zero-order valence-corrected chi connectivity index (χ0v) is 20.7. The average molecular weight is 471 g/mol. The molecule has 0 aliphatic carbocycles. The Labute approximate surface area is 198 Å². The molecule has 1 aromatic carbocycles. The van der Waals surface area contributed by atoms with E-state index in [-0.39, 0.29) is 11.3 Å². The molecule has 1 unspecified atom stereocenters. The van der Waals surface area contributed by atoms with Gasteiger partial charge in [0.25, 0.3) is 0 Å². The highest BCUT2D eigenvalue weighted by atomic mass is 32.2. The summed E-state index contributed by atoms with van der Waals surface area (Å²) < 4.78 is 21.5. The van der Waals surface area contributed by atoms with E-state index in [4.69, 9.17) is 15.5 Å². The molecular formula is C24H34N6O2S. The summed E-state index contributed by atoms with van der Waals surface area (Å²) in [5.74, 6) is 2.03. The van der Waals surface area contributed by atoms with Crippen LogP contribution >= 0.6 is 0 Å². The van der Waals surface area contributed by atoms with Crippen LogP contribution < -0.4 is 10.5 Å². The van der Waals surface area contributed by atoms with Gasteiger partial charge in [-0.05, 0) is 71.8 Å². The molecule has 1 fully saturated rings. The first kappa shape index (κ1) is 23.6. The molecule has 0 saturated carbocycles. The van der Waals surface area contributed by atoms with Crippen LogP contribution in [0.25, 0.3) is 11.4 Å². The molecule has 1 atom stereocenters. The summed E-state index contributed by atoms with van der Waals surface area (Å²) >= 11 is 0. The molecular weight excluding hydrogens is 436 g/mol. The van der Waals surface area contributed by atoms with E-state index < -0.39 is 10.8 Å². The second kappa shape index (κ2) is 10.2. The Morgan fingerprint density at radius 1 is 1.24 bits per heavy atom. The van der Waals surface area contributed by atoms with Gasteiger partial charge in [0.1, 0.15) is 23.9 Å². The summed E-state index contributed by atoms with van der Waals surface area (Å²) in [5.41, 5.74) is 7.07. The summed E-state index contributed by atoms with van der Waals surface area (Å²) in [6.45, 7) is 11.6. The lowest BCUT2D eigenvalue weighted by molar-refractivity contribution is 0.187. The van der Waals surface area contributed by atoms with Gasteiger partial charge in [-0.15, -0.1) is 0 Å². The second-order valence-corrected chi connectivity index (χ2v) is 10.8. The Bertz CT molecular complexity index is 1070. The number of nitrogens with two attached hydrogens (primary N) is 1. The van der Waals surface area contributed by atoms with E-state index in [9.17, 15) is 4.21 Å². The molecule has 4 rings (SSSR count). The smallest absolute Gasteiger partial charge is 0.176 e. The molecule has 1 saturated heterocycles. The van der Waals surface area contributed by atoms with Gasteiger partial charge in [0.05, 0.1) is 29.2 Å². The SMILES string of the molecule is CC(C)N=C(N=CN)c1cn2c(n1)-c1cc(S(=O)C3CCN(C(C)C)CC3)ccc1OCC2. The molecule has 2 aliphatic heterocycles. The van der Waals surface area contributed by atoms with Crippen LogP contribution in [0.3, 0.4) is 0 Å². The summed E-state index contributed by atoms with van der Waals surface area (Å²) in [5, 5.41) is 0.170. The number of fused-ring (bicyclic) bond motifs is 3. The van der Waals surface area contributed by atoms with Gasteiger partial charge >= 0.3 is 0 Å². The molecule has 0 bridgehead atoms. The van der Waals surface area contributed by atoms with Crippen LogP contribution in [0.15, 0.2) is 39.3 Å². The van der Waals surface area contributed by atoms with Gasteiger partial charge in [-0.3, -0.25) is 9.20 Å². The Balaban J connectivity index is 1.65. The summed E-state index contributed by atoms with van der Waals surface area (Å²) in [6.07, 6.45) is 5.08. The molecule has 2 N–H and O–H groups in total. The Kier molecular flexibility index (Phi) is 7.29. The lowest BCUT2D eigenvalue weighted by Gasteiger charge is -2.34. The second-order valence-electron chi connectivity index (χ2n) is 9.10. The highest BCUT2D eigenvalue weighted by Gasteiger charge is 2.27. The highest BCUT2D eigenvalue weighted by molar-refractivity contribution is 7.85. The van der Waals surface area contributed by atoms with Crippen LogP contribution in [0.4, 0.5) is 0 Å². The third-order valence-corrected chi connectivity index (χ3v) is 7.90. The number of nitrogens with zero attached hydrogens (tertiary/aromatic N) is 5. The molecule has 33 heavy (non-hydrogen) atoms. The van der Waals surface area contributed by atoms with Crippen molar-refractivity contribution in [1.82, 2.24) is 14.5 Å². The van der Waals surface area contributed by atoms with E-state index >= 15 is 0 Å². The number of likely N-dealkylation sites (tertiary alicyclic amines) is 1. The molecule has 2 aromatic rings. The van der Waals surface area contributed by atoms with Crippen LogP contribution in [-0.4, -0.2) is 67.9 Å². The topological polar surface area (TPSA) is 98.1 Å². The lowest BCUT2D eigenvalue weighted by Crippen LogP contribution is -2.41. The average Bonchev–Trinajstić information content (AvgIpc) is 3.14. The molecule has 2 aliphatic rings. The van der Waals surface area contributed by atoms with Crippen LogP contribution in [-0.2, 0) is 17.3 Å². The highest BCUT2D eigenvalue weighted by Crippen LogP contribution is 2.35. The van der Waals surface area contributed by atoms with E-state index in [1.54, 1.807) is 0 Å². The molecule has 3 heterocycles. The van der Waals surface area contributed by atoms with E-state index in [0.29, 0.717) is 30.7 Å². The molecule has 9 heteroatoms. The zero-order chi connectivity index (χ0) is 23.5. The number of piperidine rings is 1. The first-order chi connectivity index (χ1) is 15.9. The maximum atomic E-state index is 13.5. The molecule has 0 radical (unpaired) electrons. The molecule has 8 nitrogen and oxygen atoms in total. The largest absolute Gasteiger partial charge is 0.491 e. The first-order valence-corrected chi connectivity index (χ1v) is 12.9. The van der Waals surface area contributed by atoms with Crippen molar-refractivity contribution >= 4 is 23.0 Å². The number of rotatable bonds is 5. The first-order valence-electron chi connectivity index (χ1n) is 11.7. The van der Waals surface area contributed by atoms with Crippen molar-refractivity contribution in [2.75, 3.05) is 19.7 Å². The van der Waals surface area contributed by atoms with Crippen molar-refractivity contribution in [1.29, 1.82) is 0 Å². The normalized spacial score (nSPS) is 18.9. The van der Waals surface area contributed by atoms with E-state index in [1.807, 2.05) is 38.2 Å². The minimum atomic E-state index is -1.07. The summed E-state index contributed by atoms with van der Waals surface area (Å²) in [7, 11) is -1.07. The number of benzene rings is 1. The van der Waals surface area contributed by atoms with Crippen molar-refractivity contribution in [3.63, 3.8) is 0 Å². The summed E-state index contributed by atoms with van der Waals surface area (Å²) in [4.78, 5) is 16.9. The number of aromatic nitrogens is 2. The van der Waals surface area contributed by atoms with Crippen molar-refractivity contribution in [3.05, 3.63) is 30.1 Å². The van der Waals surface area contributed by atoms with Crippen LogP contribution in [0.2, 0.25) is 0 Å². The van der Waals surface area contributed by atoms with Gasteiger partial charge in [0.15, 0.2) is 5.84 Å². The monoisotopic (exact) mass is 470 g/mol. The third kappa shape index (κ3) is 5.19. The summed E-state index contributed by atoms with van der Waals surface area (Å²) in [6, 6.07) is 6.45. The van der Waals surface area contributed by atoms with Crippen LogP contribution in [0.1, 0.15) is 46.2 Å². The fourth-order valence-electron chi connectivity index (χ4n) is 4.38. The molecule has 0 spiro atoms. The molecule has 0 amide bonds. The predicted octanol–water partition coefficient (Wildman–Crippen LogP) is 3.06. The van der Waals surface area contributed by atoms with Gasteiger partial charge in [-0.2, -0.15) is 0 Å². The van der Waals surface area contributed by atoms with Gasteiger partial charge in [-0.1, -0.05) is 0 Å². The van der Waals surface area contributed by atoms with Crippen molar-refractivity contribution in [3.8, 4) is 17.1 Å². The van der Waals surface area contributed by atoms with Crippen molar-refractivity contribution in [2.45, 2.75) is 69.3 Å². The number of ether oxygens (including phenoxy) is 1. The van der Waals surface area contributed by atoms with E-state index in [2.05, 4.69) is 33.3 Å². The number of aliphatic imine (C=N–C) groups is 2. The fourth-order valence-corrected chi connectivity index (χ4v) is 5.84. The van der Waals surface area contributed by atoms with Gasteiger partial charge in [0, 0.05) is 28.4 Å². The van der Waals surface area contributed by atoms with Crippen LogP contribution in [0, 0.1) is 0 Å². The number of imidazole rings is 1. The zero-order valence-electron chi connectivity index (χ0n) is 19.9. The van der Waals surface area contributed by atoms with Crippen molar-refractivity contribution in [2.24, 2.45) is 15.7 Å². The Morgan fingerprint density at radius 3 is 2.67 bits per heavy atom. The number of hydrogen-bond donors (Lipinski definition) is 1. The number of amidine groups is 1. The standard InChI is InChI=1S/C24H34N6O2S/c1-16(2)27-23(26-15-25)21-14-30-11-12-32-22-6-5-19(13-20(22)24(30)28-21)33(31)18-7-9-29(10-8-18)17(3)4/h5-6,13-18H,7-12H2,1-4H3,(H2,25,26,27). The maximum absolute atomic E-state index is 13.5. The van der Waals surface area contributed by atoms with Gasteiger partial charge in [-0.25, -0.2) is 9.98 Å². The molecule has 1 aromatic heterocycles. The van der Waals surface area contributed by atoms with Gasteiger partial charge in [0.2, 0.25) is 0 Å². The minimum Gasteiger partial charge on any atom is -0.491 e. The van der Waals surface area contributed by atoms with Gasteiger partial charge < -0.3 is 19.9 Å². The predicted molar refractivity (Wildman–Crippen MR) is 134 cm³/mol. The van der Waals surface area contributed by atoms with Crippen molar-refractivity contribution < 1.29 is 8.95 Å².